The molecule has 2 aromatic rings. The van der Waals surface area contributed by atoms with Crippen LogP contribution in [0.2, 0.25) is 0 Å². The van der Waals surface area contributed by atoms with Crippen molar-refractivity contribution in [2.24, 2.45) is 0 Å². The molecule has 0 heterocycles. The van der Waals surface area contributed by atoms with Crippen LogP contribution in [0.1, 0.15) is 15.9 Å². The van der Waals surface area contributed by atoms with Gasteiger partial charge in [0.15, 0.2) is 0 Å². The molecule has 0 radical (unpaired) electrons. The summed E-state index contributed by atoms with van der Waals surface area (Å²) >= 11 is 0. The van der Waals surface area contributed by atoms with Crippen LogP contribution >= 0.6 is 0 Å². The average Bonchev–Trinajstić information content (AvgIpc) is 2.71. The van der Waals surface area contributed by atoms with Crippen LogP contribution < -0.4 is 14.8 Å². The third kappa shape index (κ3) is 6.70. The zero-order chi connectivity index (χ0) is 21.4. The van der Waals surface area contributed by atoms with E-state index in [1.54, 1.807) is 38.4 Å². The summed E-state index contributed by atoms with van der Waals surface area (Å²) in [6.07, 6.45) is -4.47. The lowest BCUT2D eigenvalue weighted by atomic mass is 10.1. The highest BCUT2D eigenvalue weighted by molar-refractivity contribution is 5.96. The number of hydrogen-bond acceptors (Lipinski definition) is 4. The van der Waals surface area contributed by atoms with Crippen LogP contribution in [0.4, 0.5) is 13.2 Å². The Morgan fingerprint density at radius 3 is 2.14 bits per heavy atom. The van der Waals surface area contributed by atoms with Crippen LogP contribution in [0.25, 0.3) is 0 Å². The van der Waals surface area contributed by atoms with E-state index in [0.29, 0.717) is 18.0 Å². The van der Waals surface area contributed by atoms with Crippen LogP contribution in [0.5, 0.6) is 11.5 Å². The van der Waals surface area contributed by atoms with E-state index in [0.717, 1.165) is 24.3 Å². The van der Waals surface area contributed by atoms with E-state index in [1.165, 1.54) is 4.90 Å². The van der Waals surface area contributed by atoms with Crippen LogP contribution in [0, 0.1) is 0 Å². The van der Waals surface area contributed by atoms with Crippen LogP contribution in [0.3, 0.4) is 0 Å². The van der Waals surface area contributed by atoms with Crippen LogP contribution in [-0.2, 0) is 11.0 Å². The summed E-state index contributed by atoms with van der Waals surface area (Å²) in [4.78, 5) is 25.5. The number of ether oxygens (including phenoxy) is 2. The lowest BCUT2D eigenvalue weighted by molar-refractivity contribution is -0.137. The van der Waals surface area contributed by atoms with Crippen molar-refractivity contribution in [1.82, 2.24) is 10.2 Å². The summed E-state index contributed by atoms with van der Waals surface area (Å²) < 4.78 is 48.2. The van der Waals surface area contributed by atoms with E-state index in [9.17, 15) is 22.8 Å². The molecule has 0 fully saturated rings. The van der Waals surface area contributed by atoms with Gasteiger partial charge in [-0.15, -0.1) is 0 Å². The minimum atomic E-state index is -4.47. The second-order valence-corrected chi connectivity index (χ2v) is 6.10. The number of carbonyl (C=O) groups is 2. The number of benzene rings is 2. The second-order valence-electron chi connectivity index (χ2n) is 6.10. The maximum Gasteiger partial charge on any atom is 0.416 e. The molecule has 0 aliphatic rings. The van der Waals surface area contributed by atoms with Gasteiger partial charge in [-0.05, 0) is 48.5 Å². The summed E-state index contributed by atoms with van der Waals surface area (Å²) in [5, 5.41) is 2.39. The first kappa shape index (κ1) is 22.1. The normalized spacial score (nSPS) is 10.9. The van der Waals surface area contributed by atoms with E-state index in [1.807, 2.05) is 0 Å². The Morgan fingerprint density at radius 1 is 1.00 bits per heavy atom. The van der Waals surface area contributed by atoms with Gasteiger partial charge in [0, 0.05) is 12.6 Å². The molecule has 0 spiro atoms. The largest absolute Gasteiger partial charge is 0.497 e. The first-order valence-electron chi connectivity index (χ1n) is 8.67. The summed E-state index contributed by atoms with van der Waals surface area (Å²) in [7, 11) is 3.12. The van der Waals surface area contributed by atoms with E-state index in [2.05, 4.69) is 5.32 Å². The third-order valence-corrected chi connectivity index (χ3v) is 4.06. The second kappa shape index (κ2) is 9.81. The number of carbonyl (C=O) groups excluding carboxylic acids is 2. The highest BCUT2D eigenvalue weighted by Gasteiger charge is 2.30. The smallest absolute Gasteiger partial charge is 0.416 e. The highest BCUT2D eigenvalue weighted by atomic mass is 19.4. The number of amides is 2. The molecule has 0 saturated carbocycles. The zero-order valence-electron chi connectivity index (χ0n) is 16.0. The summed E-state index contributed by atoms with van der Waals surface area (Å²) in [6, 6.07) is 10.8. The Bertz CT molecular complexity index is 821. The predicted molar refractivity (Wildman–Crippen MR) is 99.9 cm³/mol. The molecule has 29 heavy (non-hydrogen) atoms. The van der Waals surface area contributed by atoms with Crippen molar-refractivity contribution in [1.29, 1.82) is 0 Å². The molecule has 0 bridgehead atoms. The molecule has 0 aliphatic heterocycles. The highest BCUT2D eigenvalue weighted by Crippen LogP contribution is 2.29. The number of likely N-dealkylation sites (N-methyl/N-ethyl adjacent to an activating group) is 1. The molecule has 2 rings (SSSR count). The Labute approximate surface area is 166 Å². The molecule has 1 N–H and O–H groups in total. The lowest BCUT2D eigenvalue weighted by Crippen LogP contribution is -2.39. The molecular weight excluding hydrogens is 389 g/mol. The summed E-state index contributed by atoms with van der Waals surface area (Å²) in [6.45, 7) is 0.265. The predicted octanol–water partition coefficient (Wildman–Crippen LogP) is 2.98. The number of methoxy groups -OCH3 is 1. The van der Waals surface area contributed by atoms with Gasteiger partial charge in [0.05, 0.1) is 25.8 Å². The van der Waals surface area contributed by atoms with Crippen molar-refractivity contribution in [3.63, 3.8) is 0 Å². The first-order chi connectivity index (χ1) is 13.7. The molecule has 6 nitrogen and oxygen atoms in total. The molecule has 0 saturated heterocycles. The van der Waals surface area contributed by atoms with Gasteiger partial charge in [-0.25, -0.2) is 0 Å². The SMILES string of the molecule is COc1ccc(OCCN(C)C(=O)CNC(=O)c2ccc(C(F)(F)F)cc2)cc1. The van der Waals surface area contributed by atoms with Crippen LogP contribution in [-0.4, -0.2) is 50.6 Å². The summed E-state index contributed by atoms with van der Waals surface area (Å²) in [5.41, 5.74) is -0.807. The van der Waals surface area contributed by atoms with Crippen molar-refractivity contribution < 1.29 is 32.2 Å². The molecule has 0 aliphatic carbocycles. The summed E-state index contributed by atoms with van der Waals surface area (Å²) in [5.74, 6) is 0.342. The first-order valence-corrected chi connectivity index (χ1v) is 8.67. The molecular formula is C20H21F3N2O4. The van der Waals surface area contributed by atoms with Crippen LogP contribution in [0.15, 0.2) is 48.5 Å². The monoisotopic (exact) mass is 410 g/mol. The molecule has 2 amide bonds. The zero-order valence-corrected chi connectivity index (χ0v) is 16.0. The molecule has 9 heteroatoms. The Hall–Kier alpha value is -3.23. The average molecular weight is 410 g/mol. The maximum atomic E-state index is 12.5. The third-order valence-electron chi connectivity index (χ3n) is 4.06. The van der Waals surface area contributed by atoms with Gasteiger partial charge in [0.2, 0.25) is 5.91 Å². The fourth-order valence-electron chi connectivity index (χ4n) is 2.30. The van der Waals surface area contributed by atoms with Crippen molar-refractivity contribution in [2.75, 3.05) is 33.9 Å². The quantitative estimate of drug-likeness (QED) is 0.727. The molecule has 0 aromatic heterocycles. The van der Waals surface area contributed by atoms with Gasteiger partial charge < -0.3 is 19.7 Å². The fraction of sp³-hybridized carbons (Fsp3) is 0.300. The van der Waals surface area contributed by atoms with Gasteiger partial charge in [-0.2, -0.15) is 13.2 Å². The standard InChI is InChI=1S/C20H21F3N2O4/c1-25(11-12-29-17-9-7-16(28-2)8-10-17)18(26)13-24-19(27)14-3-5-15(6-4-14)20(21,22)23/h3-10H,11-13H2,1-2H3,(H,24,27). The van der Waals surface area contributed by atoms with Crippen molar-refractivity contribution >= 4 is 11.8 Å². The van der Waals surface area contributed by atoms with E-state index in [-0.39, 0.29) is 24.6 Å². The molecule has 2 aromatic carbocycles. The van der Waals surface area contributed by atoms with Crippen molar-refractivity contribution in [2.45, 2.75) is 6.18 Å². The topological polar surface area (TPSA) is 67.9 Å². The number of nitrogens with one attached hydrogen (secondary N) is 1. The van der Waals surface area contributed by atoms with E-state index in [4.69, 9.17) is 9.47 Å². The van der Waals surface area contributed by atoms with Gasteiger partial charge in [0.25, 0.3) is 5.91 Å². The van der Waals surface area contributed by atoms with E-state index >= 15 is 0 Å². The minimum absolute atomic E-state index is 0.0382. The maximum absolute atomic E-state index is 12.5. The van der Waals surface area contributed by atoms with Gasteiger partial charge >= 0.3 is 6.18 Å². The van der Waals surface area contributed by atoms with Crippen molar-refractivity contribution in [3.05, 3.63) is 59.7 Å². The van der Waals surface area contributed by atoms with E-state index < -0.39 is 17.6 Å². The van der Waals surface area contributed by atoms with Gasteiger partial charge in [-0.3, -0.25) is 9.59 Å². The Balaban J connectivity index is 1.75. The number of rotatable bonds is 8. The Morgan fingerprint density at radius 2 is 1.59 bits per heavy atom. The molecule has 0 unspecified atom stereocenters. The number of halogens is 3. The molecule has 0 atom stereocenters. The fourth-order valence-corrected chi connectivity index (χ4v) is 2.30. The minimum Gasteiger partial charge on any atom is -0.497 e. The number of alkyl halides is 3. The number of hydrogen-bond donors (Lipinski definition) is 1. The lowest BCUT2D eigenvalue weighted by Gasteiger charge is -2.18. The Kier molecular flexibility index (Phi) is 7.46. The molecule has 156 valence electrons. The van der Waals surface area contributed by atoms with Crippen molar-refractivity contribution in [3.8, 4) is 11.5 Å². The van der Waals surface area contributed by atoms with Gasteiger partial charge in [0.1, 0.15) is 18.1 Å². The van der Waals surface area contributed by atoms with Gasteiger partial charge in [-0.1, -0.05) is 0 Å². The number of nitrogens with zero attached hydrogens (tertiary/aromatic N) is 1.